The summed E-state index contributed by atoms with van der Waals surface area (Å²) < 4.78 is 0. The van der Waals surface area contributed by atoms with Crippen molar-refractivity contribution in [1.29, 1.82) is 0 Å². The van der Waals surface area contributed by atoms with Gasteiger partial charge in [0.2, 0.25) is 5.91 Å². The second-order valence-corrected chi connectivity index (χ2v) is 4.94. The van der Waals surface area contributed by atoms with Crippen LogP contribution in [0.15, 0.2) is 0 Å². The highest BCUT2D eigenvalue weighted by Crippen LogP contribution is 2.27. The first-order valence-electron chi connectivity index (χ1n) is 6.28. The zero-order chi connectivity index (χ0) is 12.0. The van der Waals surface area contributed by atoms with Crippen molar-refractivity contribution in [3.05, 3.63) is 0 Å². The summed E-state index contributed by atoms with van der Waals surface area (Å²) in [5.74, 6) is 0.671. The maximum absolute atomic E-state index is 11.2. The Balaban J connectivity index is 0. The van der Waals surface area contributed by atoms with Gasteiger partial charge in [0.15, 0.2) is 0 Å². The van der Waals surface area contributed by atoms with Gasteiger partial charge >= 0.3 is 0 Å². The van der Waals surface area contributed by atoms with E-state index in [0.717, 1.165) is 12.5 Å². The van der Waals surface area contributed by atoms with Crippen LogP contribution in [0.1, 0.15) is 32.1 Å². The lowest BCUT2D eigenvalue weighted by molar-refractivity contribution is -0.120. The SMILES string of the molecule is CN(C)C(CNC(=O)CN)C1CCCCC1.Cl.Cl. The Hall–Kier alpha value is -0.0300. The van der Waals surface area contributed by atoms with Crippen LogP contribution in [-0.4, -0.2) is 44.0 Å². The minimum atomic E-state index is -0.0531. The summed E-state index contributed by atoms with van der Waals surface area (Å²) in [4.78, 5) is 13.4. The van der Waals surface area contributed by atoms with Gasteiger partial charge in [-0.15, -0.1) is 24.8 Å². The molecule has 6 heteroatoms. The van der Waals surface area contributed by atoms with E-state index in [4.69, 9.17) is 5.73 Å². The Kier molecular flexibility index (Phi) is 12.2. The van der Waals surface area contributed by atoms with E-state index in [0.29, 0.717) is 6.04 Å². The molecule has 0 saturated heterocycles. The summed E-state index contributed by atoms with van der Waals surface area (Å²) in [6.07, 6.45) is 6.62. The van der Waals surface area contributed by atoms with Gasteiger partial charge in [0.1, 0.15) is 0 Å². The van der Waals surface area contributed by atoms with Crippen LogP contribution in [0.5, 0.6) is 0 Å². The molecule has 0 aromatic carbocycles. The highest BCUT2D eigenvalue weighted by atomic mass is 35.5. The molecule has 0 radical (unpaired) electrons. The molecule has 1 saturated carbocycles. The minimum absolute atomic E-state index is 0. The Bertz CT molecular complexity index is 221. The van der Waals surface area contributed by atoms with Gasteiger partial charge in [-0.25, -0.2) is 0 Å². The molecule has 0 aromatic heterocycles. The molecule has 0 bridgehead atoms. The Labute approximate surface area is 123 Å². The van der Waals surface area contributed by atoms with Crippen molar-refractivity contribution in [3.8, 4) is 0 Å². The molecule has 110 valence electrons. The maximum atomic E-state index is 11.2. The molecule has 18 heavy (non-hydrogen) atoms. The highest BCUT2D eigenvalue weighted by Gasteiger charge is 2.25. The van der Waals surface area contributed by atoms with Crippen molar-refractivity contribution in [2.45, 2.75) is 38.1 Å². The zero-order valence-corrected chi connectivity index (χ0v) is 13.0. The molecule has 1 rings (SSSR count). The molecule has 1 aliphatic carbocycles. The predicted molar refractivity (Wildman–Crippen MR) is 80.6 cm³/mol. The van der Waals surface area contributed by atoms with Gasteiger partial charge in [-0.05, 0) is 32.9 Å². The average molecular weight is 300 g/mol. The molecule has 1 unspecified atom stereocenters. The summed E-state index contributed by atoms with van der Waals surface area (Å²) in [5.41, 5.74) is 5.29. The van der Waals surface area contributed by atoms with Crippen LogP contribution < -0.4 is 11.1 Å². The van der Waals surface area contributed by atoms with Crippen LogP contribution in [-0.2, 0) is 4.79 Å². The molecular formula is C12H27Cl2N3O. The Morgan fingerprint density at radius 2 is 1.83 bits per heavy atom. The Morgan fingerprint density at radius 3 is 2.28 bits per heavy atom. The minimum Gasteiger partial charge on any atom is -0.353 e. The smallest absolute Gasteiger partial charge is 0.233 e. The first kappa shape index (κ1) is 20.3. The monoisotopic (exact) mass is 299 g/mol. The fourth-order valence-electron chi connectivity index (χ4n) is 2.58. The molecule has 1 aliphatic rings. The third-order valence-electron chi connectivity index (χ3n) is 3.55. The number of rotatable bonds is 5. The number of carbonyl (C=O) groups is 1. The predicted octanol–water partition coefficient (Wildman–Crippen LogP) is 1.42. The van der Waals surface area contributed by atoms with E-state index in [9.17, 15) is 4.79 Å². The molecule has 4 nitrogen and oxygen atoms in total. The fourth-order valence-corrected chi connectivity index (χ4v) is 2.58. The van der Waals surface area contributed by atoms with Crippen LogP contribution >= 0.6 is 24.8 Å². The van der Waals surface area contributed by atoms with E-state index in [-0.39, 0.29) is 37.3 Å². The van der Waals surface area contributed by atoms with Crippen molar-refractivity contribution in [1.82, 2.24) is 10.2 Å². The van der Waals surface area contributed by atoms with E-state index >= 15 is 0 Å². The van der Waals surface area contributed by atoms with Crippen LogP contribution in [0.2, 0.25) is 0 Å². The summed E-state index contributed by atoms with van der Waals surface area (Å²) in [6.45, 7) is 0.818. The number of halogens is 2. The number of carbonyl (C=O) groups excluding carboxylic acids is 1. The normalized spacial score (nSPS) is 17.6. The van der Waals surface area contributed by atoms with E-state index in [2.05, 4.69) is 24.3 Å². The molecule has 0 spiro atoms. The number of nitrogens with zero attached hydrogens (tertiary/aromatic N) is 1. The van der Waals surface area contributed by atoms with Crippen molar-refractivity contribution >= 4 is 30.7 Å². The molecule has 0 heterocycles. The molecule has 0 aliphatic heterocycles. The second-order valence-electron chi connectivity index (χ2n) is 4.94. The van der Waals surface area contributed by atoms with E-state index in [1.165, 1.54) is 32.1 Å². The summed E-state index contributed by atoms with van der Waals surface area (Å²) in [7, 11) is 4.18. The molecule has 1 atom stereocenters. The Morgan fingerprint density at radius 1 is 1.28 bits per heavy atom. The van der Waals surface area contributed by atoms with Gasteiger partial charge in [-0.1, -0.05) is 19.3 Å². The van der Waals surface area contributed by atoms with E-state index in [1.807, 2.05) is 0 Å². The van der Waals surface area contributed by atoms with Crippen molar-refractivity contribution < 1.29 is 4.79 Å². The molecule has 1 amide bonds. The van der Waals surface area contributed by atoms with Gasteiger partial charge in [0.05, 0.1) is 6.54 Å². The van der Waals surface area contributed by atoms with Crippen LogP contribution in [0.3, 0.4) is 0 Å². The van der Waals surface area contributed by atoms with Crippen LogP contribution in [0.25, 0.3) is 0 Å². The molecule has 3 N–H and O–H groups in total. The third-order valence-corrected chi connectivity index (χ3v) is 3.55. The van der Waals surface area contributed by atoms with Gasteiger partial charge in [0, 0.05) is 12.6 Å². The zero-order valence-electron chi connectivity index (χ0n) is 11.4. The topological polar surface area (TPSA) is 58.4 Å². The summed E-state index contributed by atoms with van der Waals surface area (Å²) in [6, 6.07) is 0.454. The third kappa shape index (κ3) is 6.78. The number of nitrogens with two attached hydrogens (primary N) is 1. The molecule has 0 aromatic rings. The van der Waals surface area contributed by atoms with E-state index in [1.54, 1.807) is 0 Å². The lowest BCUT2D eigenvalue weighted by Crippen LogP contribution is -2.46. The molecular weight excluding hydrogens is 273 g/mol. The number of hydrogen-bond acceptors (Lipinski definition) is 3. The van der Waals surface area contributed by atoms with Crippen molar-refractivity contribution in [2.24, 2.45) is 11.7 Å². The largest absolute Gasteiger partial charge is 0.353 e. The maximum Gasteiger partial charge on any atom is 0.233 e. The quantitative estimate of drug-likeness (QED) is 0.807. The van der Waals surface area contributed by atoms with Gasteiger partial charge in [-0.3, -0.25) is 4.79 Å². The first-order valence-corrected chi connectivity index (χ1v) is 6.28. The summed E-state index contributed by atoms with van der Waals surface area (Å²) >= 11 is 0. The van der Waals surface area contributed by atoms with Gasteiger partial charge < -0.3 is 16.0 Å². The molecule has 1 fully saturated rings. The van der Waals surface area contributed by atoms with Crippen LogP contribution in [0.4, 0.5) is 0 Å². The fraction of sp³-hybridized carbons (Fsp3) is 0.917. The lowest BCUT2D eigenvalue weighted by atomic mass is 9.83. The number of amides is 1. The second kappa shape index (κ2) is 10.9. The summed E-state index contributed by atoms with van der Waals surface area (Å²) in [5, 5.41) is 2.91. The van der Waals surface area contributed by atoms with Gasteiger partial charge in [0.25, 0.3) is 0 Å². The van der Waals surface area contributed by atoms with Crippen molar-refractivity contribution in [3.63, 3.8) is 0 Å². The average Bonchev–Trinajstić information content (AvgIpc) is 2.30. The van der Waals surface area contributed by atoms with Crippen molar-refractivity contribution in [2.75, 3.05) is 27.2 Å². The number of nitrogens with one attached hydrogen (secondary N) is 1. The lowest BCUT2D eigenvalue weighted by Gasteiger charge is -2.34. The standard InChI is InChI=1S/C12H25N3O.2ClH/c1-15(2)11(9-14-12(16)8-13)10-6-4-3-5-7-10;;/h10-11H,3-9,13H2,1-2H3,(H,14,16);2*1H. The number of likely N-dealkylation sites (N-methyl/N-ethyl adjacent to an activating group) is 1. The first-order chi connectivity index (χ1) is 7.65. The number of hydrogen-bond donors (Lipinski definition) is 2. The highest BCUT2D eigenvalue weighted by molar-refractivity contribution is 5.85. The van der Waals surface area contributed by atoms with E-state index < -0.39 is 0 Å². The van der Waals surface area contributed by atoms with Crippen LogP contribution in [0, 0.1) is 5.92 Å². The van der Waals surface area contributed by atoms with Gasteiger partial charge in [-0.2, -0.15) is 0 Å².